The van der Waals surface area contributed by atoms with Crippen molar-refractivity contribution in [1.82, 2.24) is 0 Å². The zero-order valence-electron chi connectivity index (χ0n) is 33.0. The minimum absolute atomic E-state index is 0.155. The summed E-state index contributed by atoms with van der Waals surface area (Å²) in [6.45, 7) is 12.4. The van der Waals surface area contributed by atoms with Gasteiger partial charge in [-0.15, -0.1) is 0 Å². The van der Waals surface area contributed by atoms with Crippen molar-refractivity contribution in [2.24, 2.45) is 46.3 Å². The third-order valence-corrected chi connectivity index (χ3v) is 15.0. The Hall–Kier alpha value is -0.870. The summed E-state index contributed by atoms with van der Waals surface area (Å²) in [7, 11) is 0. The van der Waals surface area contributed by atoms with Crippen LogP contribution in [-0.4, -0.2) is 33.0 Å². The van der Waals surface area contributed by atoms with Crippen molar-refractivity contribution in [2.75, 3.05) is 0 Å². The maximum Gasteiger partial charge on any atom is 0.303 e. The van der Waals surface area contributed by atoms with Gasteiger partial charge in [0.2, 0.25) is 0 Å². The second-order valence-corrected chi connectivity index (χ2v) is 19.0. The zero-order chi connectivity index (χ0) is 35.5. The second-order valence-electron chi connectivity index (χ2n) is 19.0. The van der Waals surface area contributed by atoms with Crippen molar-refractivity contribution >= 4 is 5.97 Å². The number of unbranched alkanes of at least 4 members (excludes halogenated alkanes) is 14. The van der Waals surface area contributed by atoms with E-state index in [-0.39, 0.29) is 11.5 Å². The first-order valence-corrected chi connectivity index (χ1v) is 21.7. The molecule has 3 N–H and O–H groups in total. The van der Waals surface area contributed by atoms with E-state index >= 15 is 0 Å². The number of carboxylic acids is 1. The first kappa shape index (κ1) is 40.9. The molecule has 0 amide bonds. The van der Waals surface area contributed by atoms with Gasteiger partial charge in [-0.05, 0) is 104 Å². The van der Waals surface area contributed by atoms with Crippen LogP contribution < -0.4 is 0 Å². The highest BCUT2D eigenvalue weighted by atomic mass is 16.4. The number of rotatable bonds is 23. The average molecular weight is 685 g/mol. The van der Waals surface area contributed by atoms with E-state index in [9.17, 15) is 15.0 Å². The van der Waals surface area contributed by atoms with Crippen LogP contribution in [0.15, 0.2) is 11.6 Å². The lowest BCUT2D eigenvalue weighted by Crippen LogP contribution is -2.56. The molecule has 49 heavy (non-hydrogen) atoms. The molecule has 3 saturated carbocycles. The van der Waals surface area contributed by atoms with Gasteiger partial charge in [0, 0.05) is 6.42 Å². The summed E-state index contributed by atoms with van der Waals surface area (Å²) < 4.78 is 0. The van der Waals surface area contributed by atoms with Gasteiger partial charge in [-0.1, -0.05) is 155 Å². The van der Waals surface area contributed by atoms with Gasteiger partial charge in [0.15, 0.2) is 0 Å². The lowest BCUT2D eigenvalue weighted by molar-refractivity contribution is -0.137. The number of aliphatic hydroxyl groups is 2. The third kappa shape index (κ3) is 11.1. The fourth-order valence-corrected chi connectivity index (χ4v) is 12.0. The number of carbonyl (C=O) groups is 1. The first-order chi connectivity index (χ1) is 23.4. The summed E-state index contributed by atoms with van der Waals surface area (Å²) in [5.74, 6) is 3.36. The Morgan fingerprint density at radius 1 is 0.735 bits per heavy atom. The summed E-state index contributed by atoms with van der Waals surface area (Å²) in [6.07, 6.45) is 34.0. The van der Waals surface area contributed by atoms with E-state index in [2.05, 4.69) is 40.7 Å². The van der Waals surface area contributed by atoms with Crippen molar-refractivity contribution in [1.29, 1.82) is 0 Å². The molecule has 3 fully saturated rings. The maximum atomic E-state index is 11.8. The summed E-state index contributed by atoms with van der Waals surface area (Å²) in [4.78, 5) is 10.6. The van der Waals surface area contributed by atoms with E-state index < -0.39 is 11.6 Å². The van der Waals surface area contributed by atoms with Gasteiger partial charge in [0.25, 0.3) is 0 Å². The maximum absolute atomic E-state index is 11.8. The normalized spacial score (nSPS) is 34.7. The number of hydrogen-bond donors (Lipinski definition) is 3. The smallest absolute Gasteiger partial charge is 0.303 e. The van der Waals surface area contributed by atoms with Crippen LogP contribution in [-0.2, 0) is 4.79 Å². The van der Waals surface area contributed by atoms with Crippen LogP contribution in [0, 0.1) is 46.3 Å². The quantitative estimate of drug-likeness (QED) is 0.0739. The third-order valence-electron chi connectivity index (χ3n) is 15.0. The molecule has 0 bridgehead atoms. The molecule has 4 heteroatoms. The number of carboxylic acid groups (broad SMARTS) is 1. The molecular weight excluding hydrogens is 604 g/mol. The number of aliphatic carboxylic acids is 1. The molecule has 0 saturated heterocycles. The van der Waals surface area contributed by atoms with Crippen molar-refractivity contribution in [3.63, 3.8) is 0 Å². The fraction of sp³-hybridized carbons (Fsp3) is 0.933. The number of aliphatic hydroxyl groups excluding tert-OH is 1. The highest BCUT2D eigenvalue weighted by Crippen LogP contribution is 2.68. The van der Waals surface area contributed by atoms with Crippen LogP contribution in [0.3, 0.4) is 0 Å². The SMILES string of the molecule is CC(C)CCC[C@@H](C)[C@H]1CC[C@H]2[C@@H]3C(O)C=C4C[C@](O)(CCCCCCCCCCCCCCCCCC(=O)O)CC[C@]4(C)[C@H]3CC[C@]12C. The summed E-state index contributed by atoms with van der Waals surface area (Å²) >= 11 is 0. The molecule has 4 aliphatic carbocycles. The van der Waals surface area contributed by atoms with Crippen LogP contribution in [0.5, 0.6) is 0 Å². The molecule has 0 aliphatic heterocycles. The lowest BCUT2D eigenvalue weighted by Gasteiger charge is -2.60. The predicted octanol–water partition coefficient (Wildman–Crippen LogP) is 12.4. The van der Waals surface area contributed by atoms with Crippen LogP contribution in [0.4, 0.5) is 0 Å². The Labute approximate surface area is 303 Å². The average Bonchev–Trinajstić information content (AvgIpc) is 3.40. The summed E-state index contributed by atoms with van der Waals surface area (Å²) in [5, 5.41) is 32.3. The van der Waals surface area contributed by atoms with Crippen LogP contribution in [0.25, 0.3) is 0 Å². The molecule has 0 aromatic carbocycles. The Balaban J connectivity index is 1.12. The van der Waals surface area contributed by atoms with Gasteiger partial charge in [-0.3, -0.25) is 4.79 Å². The highest BCUT2D eigenvalue weighted by Gasteiger charge is 2.61. The Morgan fingerprint density at radius 2 is 1.31 bits per heavy atom. The van der Waals surface area contributed by atoms with E-state index in [4.69, 9.17) is 5.11 Å². The predicted molar refractivity (Wildman–Crippen MR) is 206 cm³/mol. The standard InChI is InChI=1S/C45H80O4/c1-34(2)22-21-23-35(3)37-25-26-38-42-39(27-29-44(37,38)5)43(4)30-31-45(49,33-36(43)32-40(42)46)28-20-18-16-14-12-10-8-6-7-9-11-13-15-17-19-24-41(47)48/h32,34-35,37-40,42,46,49H,6-31,33H2,1-5H3,(H,47,48)/t35-,37-,38+,39+,40?,42+,43+,44-,45+/m1/s1. The molecule has 0 spiro atoms. The molecule has 0 radical (unpaired) electrons. The van der Waals surface area contributed by atoms with E-state index in [1.54, 1.807) is 0 Å². The molecule has 9 atom stereocenters. The van der Waals surface area contributed by atoms with Gasteiger partial charge in [-0.25, -0.2) is 0 Å². The Kier molecular flexibility index (Phi) is 16.1. The molecule has 4 aliphatic rings. The van der Waals surface area contributed by atoms with Crippen molar-refractivity contribution in [2.45, 2.75) is 220 Å². The molecule has 0 aromatic heterocycles. The largest absolute Gasteiger partial charge is 0.481 e. The van der Waals surface area contributed by atoms with Gasteiger partial charge >= 0.3 is 5.97 Å². The van der Waals surface area contributed by atoms with E-state index in [1.807, 2.05) is 0 Å². The number of hydrogen-bond acceptors (Lipinski definition) is 3. The van der Waals surface area contributed by atoms with Crippen LogP contribution in [0.2, 0.25) is 0 Å². The molecule has 4 nitrogen and oxygen atoms in total. The molecule has 0 heterocycles. The Morgan fingerprint density at radius 3 is 1.88 bits per heavy atom. The fourth-order valence-electron chi connectivity index (χ4n) is 12.0. The van der Waals surface area contributed by atoms with Crippen LogP contribution in [0.1, 0.15) is 208 Å². The lowest BCUT2D eigenvalue weighted by atomic mass is 9.45. The minimum atomic E-state index is -0.664. The summed E-state index contributed by atoms with van der Waals surface area (Å²) in [5.41, 5.74) is 1.35. The molecule has 1 unspecified atom stereocenters. The first-order valence-electron chi connectivity index (χ1n) is 21.7. The van der Waals surface area contributed by atoms with Crippen molar-refractivity contribution in [3.05, 3.63) is 11.6 Å². The van der Waals surface area contributed by atoms with Crippen molar-refractivity contribution < 1.29 is 20.1 Å². The summed E-state index contributed by atoms with van der Waals surface area (Å²) in [6, 6.07) is 0. The topological polar surface area (TPSA) is 77.8 Å². The van der Waals surface area contributed by atoms with Gasteiger partial charge in [0.05, 0.1) is 11.7 Å². The molecule has 4 rings (SSSR count). The van der Waals surface area contributed by atoms with Crippen LogP contribution >= 0.6 is 0 Å². The minimum Gasteiger partial charge on any atom is -0.481 e. The van der Waals surface area contributed by atoms with Gasteiger partial charge in [0.1, 0.15) is 0 Å². The molecule has 0 aromatic rings. The van der Waals surface area contributed by atoms with E-state index in [0.717, 1.165) is 62.7 Å². The molecular formula is C45H80O4. The molecule has 284 valence electrons. The number of fused-ring (bicyclic) bond motifs is 5. The van der Waals surface area contributed by atoms with Crippen molar-refractivity contribution in [3.8, 4) is 0 Å². The van der Waals surface area contributed by atoms with E-state index in [0.29, 0.717) is 29.6 Å². The van der Waals surface area contributed by atoms with Gasteiger partial charge < -0.3 is 15.3 Å². The zero-order valence-corrected chi connectivity index (χ0v) is 33.0. The van der Waals surface area contributed by atoms with E-state index in [1.165, 1.54) is 128 Å². The Bertz CT molecular complexity index is 1020. The highest BCUT2D eigenvalue weighted by molar-refractivity contribution is 5.66. The van der Waals surface area contributed by atoms with Gasteiger partial charge in [-0.2, -0.15) is 0 Å². The second kappa shape index (κ2) is 19.3. The monoisotopic (exact) mass is 685 g/mol.